The lowest BCUT2D eigenvalue weighted by Gasteiger charge is -2.12. The van der Waals surface area contributed by atoms with Crippen molar-refractivity contribution in [2.75, 3.05) is 5.32 Å². The van der Waals surface area contributed by atoms with Crippen molar-refractivity contribution in [1.29, 1.82) is 0 Å². The van der Waals surface area contributed by atoms with Crippen LogP contribution in [0.5, 0.6) is 0 Å². The smallest absolute Gasteiger partial charge is 0.326 e. The van der Waals surface area contributed by atoms with E-state index in [4.69, 9.17) is 5.11 Å². The first-order chi connectivity index (χ1) is 8.43. The second-order valence-electron chi connectivity index (χ2n) is 4.20. The number of nitrogens with one attached hydrogen (secondary N) is 2. The number of rotatable bonds is 5. The predicted molar refractivity (Wildman–Crippen MR) is 66.5 cm³/mol. The molecule has 0 bridgehead atoms. The highest BCUT2D eigenvalue weighted by Gasteiger charge is 2.17. The Morgan fingerprint density at radius 3 is 2.61 bits per heavy atom. The molecule has 2 amide bonds. The molecule has 0 spiro atoms. The molecule has 0 radical (unpaired) electrons. The van der Waals surface area contributed by atoms with Gasteiger partial charge in [0.1, 0.15) is 6.04 Å². The number of hydrogen-bond acceptors (Lipinski definition) is 3. The number of urea groups is 1. The van der Waals surface area contributed by atoms with Crippen molar-refractivity contribution in [3.8, 4) is 0 Å². The van der Waals surface area contributed by atoms with Crippen LogP contribution in [0, 0.1) is 0 Å². The summed E-state index contributed by atoms with van der Waals surface area (Å²) in [5.41, 5.74) is 0.529. The van der Waals surface area contributed by atoms with Crippen molar-refractivity contribution in [1.82, 2.24) is 15.1 Å². The van der Waals surface area contributed by atoms with Gasteiger partial charge < -0.3 is 15.7 Å². The molecule has 1 unspecified atom stereocenters. The van der Waals surface area contributed by atoms with Gasteiger partial charge in [-0.1, -0.05) is 6.92 Å². The normalized spacial score (nSPS) is 12.2. The third kappa shape index (κ3) is 3.76. The molecule has 1 atom stereocenters. The van der Waals surface area contributed by atoms with Gasteiger partial charge in [0.05, 0.1) is 11.9 Å². The van der Waals surface area contributed by atoms with E-state index < -0.39 is 18.0 Å². The maximum Gasteiger partial charge on any atom is 0.326 e. The Labute approximate surface area is 105 Å². The van der Waals surface area contributed by atoms with E-state index in [1.807, 2.05) is 13.8 Å². The molecule has 0 saturated heterocycles. The predicted octanol–water partition coefficient (Wildman–Crippen LogP) is 1.45. The summed E-state index contributed by atoms with van der Waals surface area (Å²) < 4.78 is 1.70. The van der Waals surface area contributed by atoms with E-state index in [1.54, 1.807) is 17.8 Å². The van der Waals surface area contributed by atoms with Crippen LogP contribution in [-0.2, 0) is 4.79 Å². The highest BCUT2D eigenvalue weighted by Crippen LogP contribution is 2.09. The maximum absolute atomic E-state index is 11.5. The average molecular weight is 254 g/mol. The van der Waals surface area contributed by atoms with Gasteiger partial charge in [-0.2, -0.15) is 5.10 Å². The molecular weight excluding hydrogens is 236 g/mol. The molecule has 0 aliphatic heterocycles. The van der Waals surface area contributed by atoms with E-state index in [0.29, 0.717) is 12.1 Å². The summed E-state index contributed by atoms with van der Waals surface area (Å²) in [4.78, 5) is 22.3. The third-order valence-corrected chi connectivity index (χ3v) is 2.40. The fraction of sp³-hybridized carbons (Fsp3) is 0.545. The lowest BCUT2D eigenvalue weighted by molar-refractivity contribution is -0.139. The monoisotopic (exact) mass is 254 g/mol. The summed E-state index contributed by atoms with van der Waals surface area (Å²) in [5, 5.41) is 17.8. The molecule has 1 aromatic heterocycles. The zero-order valence-corrected chi connectivity index (χ0v) is 10.7. The summed E-state index contributed by atoms with van der Waals surface area (Å²) in [6, 6.07) is -1.23. The van der Waals surface area contributed by atoms with Crippen LogP contribution in [0.25, 0.3) is 0 Å². The molecule has 7 nitrogen and oxygen atoms in total. The molecule has 1 aromatic rings. The van der Waals surface area contributed by atoms with Crippen LogP contribution in [0.4, 0.5) is 10.5 Å². The lowest BCUT2D eigenvalue weighted by atomic mass is 10.2. The second-order valence-corrected chi connectivity index (χ2v) is 4.20. The first kappa shape index (κ1) is 14.0. The van der Waals surface area contributed by atoms with E-state index in [1.165, 1.54) is 6.20 Å². The van der Waals surface area contributed by atoms with Crippen LogP contribution >= 0.6 is 0 Å². The Morgan fingerprint density at radius 2 is 2.17 bits per heavy atom. The first-order valence-corrected chi connectivity index (χ1v) is 5.78. The number of nitrogens with zero attached hydrogens (tertiary/aromatic N) is 2. The highest BCUT2D eigenvalue weighted by atomic mass is 16.4. The zero-order chi connectivity index (χ0) is 13.7. The van der Waals surface area contributed by atoms with Gasteiger partial charge >= 0.3 is 12.0 Å². The van der Waals surface area contributed by atoms with Crippen molar-refractivity contribution < 1.29 is 14.7 Å². The fourth-order valence-corrected chi connectivity index (χ4v) is 1.35. The Morgan fingerprint density at radius 1 is 1.50 bits per heavy atom. The molecular formula is C11H18N4O3. The van der Waals surface area contributed by atoms with Gasteiger partial charge in [-0.25, -0.2) is 9.59 Å². The summed E-state index contributed by atoms with van der Waals surface area (Å²) in [5.74, 6) is -1.05. The van der Waals surface area contributed by atoms with Crippen LogP contribution in [0.2, 0.25) is 0 Å². The number of carboxylic acid groups (broad SMARTS) is 1. The van der Waals surface area contributed by atoms with E-state index >= 15 is 0 Å². The molecule has 0 fully saturated rings. The molecule has 0 aliphatic rings. The van der Waals surface area contributed by atoms with Gasteiger partial charge in [0.15, 0.2) is 0 Å². The number of carboxylic acids is 1. The van der Waals surface area contributed by atoms with Crippen molar-refractivity contribution in [3.63, 3.8) is 0 Å². The topological polar surface area (TPSA) is 96.3 Å². The molecule has 0 aromatic carbocycles. The van der Waals surface area contributed by atoms with Crippen molar-refractivity contribution >= 4 is 17.7 Å². The number of anilines is 1. The van der Waals surface area contributed by atoms with Crippen LogP contribution in [0.15, 0.2) is 12.4 Å². The molecule has 3 N–H and O–H groups in total. The lowest BCUT2D eigenvalue weighted by Crippen LogP contribution is -2.42. The number of carbonyl (C=O) groups excluding carboxylic acids is 1. The Hall–Kier alpha value is -2.05. The largest absolute Gasteiger partial charge is 0.480 e. The van der Waals surface area contributed by atoms with Gasteiger partial charge in [0.25, 0.3) is 0 Å². The van der Waals surface area contributed by atoms with Gasteiger partial charge in [-0.15, -0.1) is 0 Å². The van der Waals surface area contributed by atoms with Crippen LogP contribution in [0.1, 0.15) is 33.2 Å². The molecule has 18 heavy (non-hydrogen) atoms. The van der Waals surface area contributed by atoms with Crippen LogP contribution in [-0.4, -0.2) is 32.9 Å². The maximum atomic E-state index is 11.5. The second kappa shape index (κ2) is 6.04. The quantitative estimate of drug-likeness (QED) is 0.741. The van der Waals surface area contributed by atoms with Crippen LogP contribution in [0.3, 0.4) is 0 Å². The van der Waals surface area contributed by atoms with E-state index in [-0.39, 0.29) is 6.04 Å². The van der Waals surface area contributed by atoms with Crippen LogP contribution < -0.4 is 10.6 Å². The SMILES string of the molecule is CCC(NC(=O)Nc1cnn(C(C)C)c1)C(=O)O. The first-order valence-electron chi connectivity index (χ1n) is 5.78. The van der Waals surface area contributed by atoms with E-state index in [2.05, 4.69) is 15.7 Å². The molecule has 0 aliphatic carbocycles. The molecule has 7 heteroatoms. The number of amides is 2. The van der Waals surface area contributed by atoms with Gasteiger partial charge in [-0.3, -0.25) is 4.68 Å². The Kier molecular flexibility index (Phi) is 4.70. The Balaban J connectivity index is 2.56. The molecule has 1 rings (SSSR count). The van der Waals surface area contributed by atoms with Crippen molar-refractivity contribution in [2.24, 2.45) is 0 Å². The summed E-state index contributed by atoms with van der Waals surface area (Å²) >= 11 is 0. The number of carbonyl (C=O) groups is 2. The van der Waals surface area contributed by atoms with Gasteiger partial charge in [0, 0.05) is 12.2 Å². The number of aromatic nitrogens is 2. The van der Waals surface area contributed by atoms with E-state index in [9.17, 15) is 9.59 Å². The number of hydrogen-bond donors (Lipinski definition) is 3. The van der Waals surface area contributed by atoms with Gasteiger partial charge in [0.2, 0.25) is 0 Å². The average Bonchev–Trinajstić information content (AvgIpc) is 2.74. The third-order valence-electron chi connectivity index (χ3n) is 2.40. The summed E-state index contributed by atoms with van der Waals surface area (Å²) in [6.07, 6.45) is 3.53. The molecule has 0 saturated carbocycles. The van der Waals surface area contributed by atoms with Crippen molar-refractivity contribution in [2.45, 2.75) is 39.3 Å². The highest BCUT2D eigenvalue weighted by molar-refractivity contribution is 5.91. The minimum atomic E-state index is -1.05. The van der Waals surface area contributed by atoms with Crippen molar-refractivity contribution in [3.05, 3.63) is 12.4 Å². The molecule has 100 valence electrons. The minimum Gasteiger partial charge on any atom is -0.480 e. The Bertz CT molecular complexity index is 428. The van der Waals surface area contributed by atoms with E-state index in [0.717, 1.165) is 0 Å². The van der Waals surface area contributed by atoms with Gasteiger partial charge in [-0.05, 0) is 20.3 Å². The fourth-order valence-electron chi connectivity index (χ4n) is 1.35. The summed E-state index contributed by atoms with van der Waals surface area (Å²) in [6.45, 7) is 5.62. The minimum absolute atomic E-state index is 0.200. The number of aliphatic carboxylic acids is 1. The zero-order valence-electron chi connectivity index (χ0n) is 10.7. The standard InChI is InChI=1S/C11H18N4O3/c1-4-9(10(16)17)14-11(18)13-8-5-12-15(6-8)7(2)3/h5-7,9H,4H2,1-3H3,(H,16,17)(H2,13,14,18). The summed E-state index contributed by atoms with van der Waals surface area (Å²) in [7, 11) is 0. The molecule has 1 heterocycles.